The molecule has 8 heteroatoms. The first-order chi connectivity index (χ1) is 15.7. The van der Waals surface area contributed by atoms with E-state index in [0.29, 0.717) is 37.9 Å². The number of hydrogen-bond donors (Lipinski definition) is 2. The van der Waals surface area contributed by atoms with Crippen molar-refractivity contribution < 1.29 is 24.5 Å². The number of ether oxygens (including phenoxy) is 1. The molecule has 1 aromatic heterocycles. The van der Waals surface area contributed by atoms with Crippen molar-refractivity contribution in [2.24, 2.45) is 5.92 Å². The van der Waals surface area contributed by atoms with Crippen LogP contribution in [0, 0.1) is 17.8 Å². The molecule has 2 amide bonds. The van der Waals surface area contributed by atoms with Crippen LogP contribution in [0.2, 0.25) is 0 Å². The zero-order chi connectivity index (χ0) is 24.2. The number of aliphatic hydroxyl groups excluding tert-OH is 1. The third kappa shape index (κ3) is 5.84. The molecular weight excluding hydrogens is 422 g/mol. The first kappa shape index (κ1) is 25.0. The monoisotopic (exact) mass is 457 g/mol. The highest BCUT2D eigenvalue weighted by Crippen LogP contribution is 2.30. The molecule has 0 aromatic carbocycles. The van der Waals surface area contributed by atoms with E-state index < -0.39 is 11.6 Å². The predicted molar refractivity (Wildman–Crippen MR) is 124 cm³/mol. The molecule has 2 N–H and O–H groups in total. The van der Waals surface area contributed by atoms with Gasteiger partial charge in [-0.25, -0.2) is 4.98 Å². The number of fused-ring (bicyclic) bond motifs is 1. The molecule has 0 unspecified atom stereocenters. The second-order valence-electron chi connectivity index (χ2n) is 9.32. The summed E-state index contributed by atoms with van der Waals surface area (Å²) in [5.74, 6) is 5.73. The smallest absolute Gasteiger partial charge is 0.259 e. The van der Waals surface area contributed by atoms with Crippen LogP contribution in [0.25, 0.3) is 0 Å². The lowest BCUT2D eigenvalue weighted by Gasteiger charge is -2.37. The minimum absolute atomic E-state index is 0.00756. The Bertz CT molecular complexity index is 932. The van der Waals surface area contributed by atoms with Gasteiger partial charge in [0.25, 0.3) is 5.91 Å². The van der Waals surface area contributed by atoms with Crippen molar-refractivity contribution in [1.82, 2.24) is 14.8 Å². The van der Waals surface area contributed by atoms with E-state index in [1.165, 1.54) is 0 Å². The molecule has 0 bridgehead atoms. The van der Waals surface area contributed by atoms with E-state index >= 15 is 0 Å². The molecule has 0 spiro atoms. The average Bonchev–Trinajstić information content (AvgIpc) is 3.25. The molecule has 33 heavy (non-hydrogen) atoms. The van der Waals surface area contributed by atoms with Gasteiger partial charge in [0.15, 0.2) is 0 Å². The van der Waals surface area contributed by atoms with Gasteiger partial charge in [-0.15, -0.1) is 0 Å². The zero-order valence-corrected chi connectivity index (χ0v) is 20.0. The highest BCUT2D eigenvalue weighted by molar-refractivity contribution is 5.97. The first-order valence-corrected chi connectivity index (χ1v) is 11.8. The molecule has 0 saturated heterocycles. The Kier molecular flexibility index (Phi) is 7.98. The summed E-state index contributed by atoms with van der Waals surface area (Å²) >= 11 is 0. The van der Waals surface area contributed by atoms with Gasteiger partial charge in [0.1, 0.15) is 17.3 Å². The predicted octanol–water partition coefficient (Wildman–Crippen LogP) is 1.83. The van der Waals surface area contributed by atoms with Crippen LogP contribution in [0.3, 0.4) is 0 Å². The lowest BCUT2D eigenvalue weighted by Crippen LogP contribution is -2.50. The maximum atomic E-state index is 13.4. The Labute approximate surface area is 195 Å². The van der Waals surface area contributed by atoms with Crippen molar-refractivity contribution in [3.63, 3.8) is 0 Å². The Balaban J connectivity index is 1.97. The minimum Gasteiger partial charge on any atom is -0.472 e. The first-order valence-electron chi connectivity index (χ1n) is 11.8. The second kappa shape index (κ2) is 10.5. The molecule has 3 rings (SSSR count). The van der Waals surface area contributed by atoms with E-state index in [-0.39, 0.29) is 41.9 Å². The number of amides is 2. The number of carbonyl (C=O) groups is 2. The average molecular weight is 458 g/mol. The van der Waals surface area contributed by atoms with E-state index in [2.05, 4.69) is 16.8 Å². The van der Waals surface area contributed by atoms with Gasteiger partial charge in [0.2, 0.25) is 11.8 Å². The third-order valence-electron chi connectivity index (χ3n) is 6.57. The largest absolute Gasteiger partial charge is 0.472 e. The molecule has 3 atom stereocenters. The van der Waals surface area contributed by atoms with E-state index in [1.807, 2.05) is 13.8 Å². The highest BCUT2D eigenvalue weighted by Gasteiger charge is 2.34. The molecule has 1 aliphatic carbocycles. The van der Waals surface area contributed by atoms with Crippen LogP contribution in [-0.4, -0.2) is 81.3 Å². The standard InChI is InChI=1S/C25H35N3O5/c1-5-22(30)27(4)15-21-17(2)14-28(18(3)16-29)24(31)20-12-19(13-26-23(20)33-21)8-11-25(32)9-6-7-10-25/h12-13,17-18,21,29,32H,5-7,9-10,14-16H2,1-4H3/t17-,18+,21-/m1/s1. The van der Waals surface area contributed by atoms with Gasteiger partial charge in [0.05, 0.1) is 19.2 Å². The number of likely N-dealkylation sites (N-methyl/N-ethyl adjacent to an activating group) is 1. The Hall–Kier alpha value is -2.63. The van der Waals surface area contributed by atoms with Crippen LogP contribution >= 0.6 is 0 Å². The quantitative estimate of drug-likeness (QED) is 0.654. The molecule has 180 valence electrons. The fourth-order valence-corrected chi connectivity index (χ4v) is 4.30. The van der Waals surface area contributed by atoms with Crippen LogP contribution in [0.1, 0.15) is 68.8 Å². The van der Waals surface area contributed by atoms with Gasteiger partial charge in [-0.2, -0.15) is 0 Å². The Morgan fingerprint density at radius 3 is 2.76 bits per heavy atom. The van der Waals surface area contributed by atoms with E-state index in [0.717, 1.165) is 12.8 Å². The number of aromatic nitrogens is 1. The van der Waals surface area contributed by atoms with Crippen LogP contribution in [0.4, 0.5) is 0 Å². The van der Waals surface area contributed by atoms with Gasteiger partial charge in [-0.05, 0) is 38.7 Å². The number of pyridine rings is 1. The maximum Gasteiger partial charge on any atom is 0.259 e. The van der Waals surface area contributed by atoms with Gasteiger partial charge < -0.3 is 24.7 Å². The highest BCUT2D eigenvalue weighted by atomic mass is 16.5. The van der Waals surface area contributed by atoms with Gasteiger partial charge in [0, 0.05) is 37.7 Å². The summed E-state index contributed by atoms with van der Waals surface area (Å²) in [5, 5.41) is 20.3. The van der Waals surface area contributed by atoms with Crippen molar-refractivity contribution in [2.45, 2.75) is 70.6 Å². The van der Waals surface area contributed by atoms with Crippen LogP contribution < -0.4 is 4.74 Å². The lowest BCUT2D eigenvalue weighted by atomic mass is 9.99. The van der Waals surface area contributed by atoms with Crippen molar-refractivity contribution in [1.29, 1.82) is 0 Å². The molecule has 2 heterocycles. The molecule has 2 aliphatic rings. The Morgan fingerprint density at radius 2 is 2.12 bits per heavy atom. The topological polar surface area (TPSA) is 103 Å². The van der Waals surface area contributed by atoms with Crippen molar-refractivity contribution in [3.05, 3.63) is 23.4 Å². The Morgan fingerprint density at radius 1 is 1.42 bits per heavy atom. The fourth-order valence-electron chi connectivity index (χ4n) is 4.30. The molecule has 1 aromatic rings. The number of hydrogen-bond acceptors (Lipinski definition) is 6. The van der Waals surface area contributed by atoms with Crippen molar-refractivity contribution in [3.8, 4) is 17.7 Å². The molecular formula is C25H35N3O5. The zero-order valence-electron chi connectivity index (χ0n) is 20.0. The summed E-state index contributed by atoms with van der Waals surface area (Å²) in [6, 6.07) is 1.25. The fraction of sp³-hybridized carbons (Fsp3) is 0.640. The lowest BCUT2D eigenvalue weighted by molar-refractivity contribution is -0.131. The molecule has 1 aliphatic heterocycles. The van der Waals surface area contributed by atoms with Gasteiger partial charge in [-0.3, -0.25) is 9.59 Å². The summed E-state index contributed by atoms with van der Waals surface area (Å²) in [5.41, 5.74) is -0.202. The second-order valence-corrected chi connectivity index (χ2v) is 9.32. The van der Waals surface area contributed by atoms with Crippen molar-refractivity contribution >= 4 is 11.8 Å². The van der Waals surface area contributed by atoms with E-state index in [1.54, 1.807) is 36.0 Å². The number of nitrogens with zero attached hydrogens (tertiary/aromatic N) is 3. The maximum absolute atomic E-state index is 13.4. The summed E-state index contributed by atoms with van der Waals surface area (Å²) in [4.78, 5) is 33.2. The number of carbonyl (C=O) groups excluding carboxylic acids is 2. The van der Waals surface area contributed by atoms with Gasteiger partial charge >= 0.3 is 0 Å². The van der Waals surface area contributed by atoms with Crippen LogP contribution in [0.15, 0.2) is 12.3 Å². The normalized spacial score (nSPS) is 22.8. The summed E-state index contributed by atoms with van der Waals surface area (Å²) in [6.07, 6.45) is 4.74. The molecule has 1 saturated carbocycles. The van der Waals surface area contributed by atoms with Gasteiger partial charge in [-0.1, -0.05) is 25.7 Å². The van der Waals surface area contributed by atoms with E-state index in [9.17, 15) is 19.8 Å². The summed E-state index contributed by atoms with van der Waals surface area (Å²) in [6.45, 7) is 6.13. The van der Waals surface area contributed by atoms with E-state index in [4.69, 9.17) is 4.74 Å². The number of aliphatic hydroxyl groups is 2. The SMILES string of the molecule is CCC(=O)N(C)C[C@H]1Oc2ncc(C#CC3(O)CCCC3)cc2C(=O)N([C@@H](C)CO)C[C@H]1C. The minimum atomic E-state index is -0.987. The third-order valence-corrected chi connectivity index (χ3v) is 6.57. The summed E-state index contributed by atoms with van der Waals surface area (Å²) < 4.78 is 6.19. The van der Waals surface area contributed by atoms with Crippen LogP contribution in [0.5, 0.6) is 5.88 Å². The van der Waals surface area contributed by atoms with Crippen LogP contribution in [-0.2, 0) is 4.79 Å². The number of rotatable bonds is 5. The molecule has 8 nitrogen and oxygen atoms in total. The van der Waals surface area contributed by atoms with Crippen molar-refractivity contribution in [2.75, 3.05) is 26.7 Å². The summed E-state index contributed by atoms with van der Waals surface area (Å²) in [7, 11) is 1.74. The molecule has 0 radical (unpaired) electrons. The molecule has 1 fully saturated rings.